The van der Waals surface area contributed by atoms with E-state index in [1.54, 1.807) is 18.3 Å². The molecule has 4 heteroatoms. The van der Waals surface area contributed by atoms with E-state index in [0.717, 1.165) is 19.4 Å². The van der Waals surface area contributed by atoms with Crippen molar-refractivity contribution in [3.63, 3.8) is 0 Å². The van der Waals surface area contributed by atoms with Crippen LogP contribution in [0.2, 0.25) is 0 Å². The summed E-state index contributed by atoms with van der Waals surface area (Å²) in [5.41, 5.74) is 6.29. The second-order valence-corrected chi connectivity index (χ2v) is 3.35. The molecule has 1 aliphatic heterocycles. The first-order valence-corrected chi connectivity index (χ1v) is 4.81. The average molecular weight is 194 g/mol. The third-order valence-electron chi connectivity index (χ3n) is 2.20. The minimum atomic E-state index is 0.0981. The smallest absolute Gasteiger partial charge is 0.237 e. The van der Waals surface area contributed by atoms with Gasteiger partial charge in [0.1, 0.15) is 6.10 Å². The van der Waals surface area contributed by atoms with E-state index < -0.39 is 0 Å². The Balaban J connectivity index is 1.99. The van der Waals surface area contributed by atoms with Gasteiger partial charge in [0.25, 0.3) is 0 Å². The largest absolute Gasteiger partial charge is 0.470 e. The van der Waals surface area contributed by atoms with Crippen LogP contribution in [0.5, 0.6) is 5.88 Å². The van der Waals surface area contributed by atoms with Gasteiger partial charge in [-0.05, 0) is 25.0 Å². The molecule has 0 unspecified atom stereocenters. The van der Waals surface area contributed by atoms with Crippen molar-refractivity contribution in [2.45, 2.75) is 18.9 Å². The van der Waals surface area contributed by atoms with Gasteiger partial charge in [-0.2, -0.15) is 0 Å². The van der Waals surface area contributed by atoms with Crippen LogP contribution in [0, 0.1) is 0 Å². The van der Waals surface area contributed by atoms with Crippen LogP contribution in [0.25, 0.3) is 0 Å². The zero-order valence-corrected chi connectivity index (χ0v) is 7.98. The minimum absolute atomic E-state index is 0.0981. The predicted molar refractivity (Wildman–Crippen MR) is 53.1 cm³/mol. The maximum atomic E-state index is 5.71. The Morgan fingerprint density at radius 1 is 1.57 bits per heavy atom. The Morgan fingerprint density at radius 3 is 3.21 bits per heavy atom. The van der Waals surface area contributed by atoms with Crippen molar-refractivity contribution < 1.29 is 9.47 Å². The van der Waals surface area contributed by atoms with Crippen LogP contribution in [-0.4, -0.2) is 24.3 Å². The maximum Gasteiger partial charge on any atom is 0.237 e. The number of nitrogens with two attached hydrogens (primary N) is 1. The van der Waals surface area contributed by atoms with Crippen LogP contribution in [0.4, 0.5) is 5.69 Å². The fourth-order valence-corrected chi connectivity index (χ4v) is 1.46. The zero-order valence-electron chi connectivity index (χ0n) is 7.98. The van der Waals surface area contributed by atoms with E-state index >= 15 is 0 Å². The van der Waals surface area contributed by atoms with Crippen molar-refractivity contribution in [1.29, 1.82) is 0 Å². The summed E-state index contributed by atoms with van der Waals surface area (Å²) < 4.78 is 10.9. The number of hydrogen-bond acceptors (Lipinski definition) is 4. The van der Waals surface area contributed by atoms with Crippen molar-refractivity contribution >= 4 is 5.69 Å². The molecule has 1 aromatic heterocycles. The molecule has 76 valence electrons. The quantitative estimate of drug-likeness (QED) is 0.769. The highest BCUT2D eigenvalue weighted by molar-refractivity contribution is 5.46. The summed E-state index contributed by atoms with van der Waals surface area (Å²) in [6.45, 7) is 1.47. The molecule has 4 nitrogen and oxygen atoms in total. The van der Waals surface area contributed by atoms with Crippen molar-refractivity contribution in [1.82, 2.24) is 4.98 Å². The third-order valence-corrected chi connectivity index (χ3v) is 2.20. The summed E-state index contributed by atoms with van der Waals surface area (Å²) in [6.07, 6.45) is 3.82. The molecule has 0 aliphatic carbocycles. The number of nitrogens with zero attached hydrogens (tertiary/aromatic N) is 1. The van der Waals surface area contributed by atoms with E-state index in [0.29, 0.717) is 18.2 Å². The third kappa shape index (κ3) is 2.14. The summed E-state index contributed by atoms with van der Waals surface area (Å²) in [5, 5.41) is 0. The molecule has 0 bridgehead atoms. The van der Waals surface area contributed by atoms with Gasteiger partial charge < -0.3 is 15.2 Å². The van der Waals surface area contributed by atoms with E-state index in [1.807, 2.05) is 0 Å². The molecular weight excluding hydrogens is 180 g/mol. The Bertz CT molecular complexity index is 298. The van der Waals surface area contributed by atoms with Gasteiger partial charge in [0.2, 0.25) is 5.88 Å². The Kier molecular flexibility index (Phi) is 2.84. The van der Waals surface area contributed by atoms with Gasteiger partial charge in [-0.15, -0.1) is 0 Å². The van der Waals surface area contributed by atoms with Gasteiger partial charge in [-0.1, -0.05) is 0 Å². The molecule has 1 atom stereocenters. The molecule has 0 amide bonds. The highest BCUT2D eigenvalue weighted by Gasteiger charge is 2.16. The van der Waals surface area contributed by atoms with Crippen molar-refractivity contribution in [3.05, 3.63) is 18.3 Å². The first-order valence-electron chi connectivity index (χ1n) is 4.81. The summed E-state index contributed by atoms with van der Waals surface area (Å²) in [7, 11) is 0. The highest BCUT2D eigenvalue weighted by atomic mass is 16.5. The molecule has 1 saturated heterocycles. The normalized spacial score (nSPS) is 21.9. The number of anilines is 1. The number of ether oxygens (including phenoxy) is 2. The van der Waals surface area contributed by atoms with E-state index in [-0.39, 0.29) is 6.10 Å². The van der Waals surface area contributed by atoms with Crippen LogP contribution in [0.15, 0.2) is 18.3 Å². The molecule has 14 heavy (non-hydrogen) atoms. The van der Waals surface area contributed by atoms with Gasteiger partial charge >= 0.3 is 0 Å². The first-order chi connectivity index (χ1) is 6.86. The molecule has 0 saturated carbocycles. The molecule has 0 radical (unpaired) electrons. The van der Waals surface area contributed by atoms with Crippen molar-refractivity contribution in [3.8, 4) is 5.88 Å². The Hall–Kier alpha value is -1.29. The molecule has 1 aromatic rings. The van der Waals surface area contributed by atoms with Crippen LogP contribution < -0.4 is 10.5 Å². The van der Waals surface area contributed by atoms with Crippen molar-refractivity contribution in [2.75, 3.05) is 18.9 Å². The molecule has 2 heterocycles. The number of nitrogen functional groups attached to an aromatic ring is 1. The molecule has 1 aliphatic rings. The Morgan fingerprint density at radius 2 is 2.50 bits per heavy atom. The number of pyridine rings is 1. The van der Waals surface area contributed by atoms with Gasteiger partial charge in [0.15, 0.2) is 0 Å². The lowest BCUT2D eigenvalue weighted by Crippen LogP contribution is -2.28. The second-order valence-electron chi connectivity index (χ2n) is 3.35. The summed E-state index contributed by atoms with van der Waals surface area (Å²) in [4.78, 5) is 4.07. The van der Waals surface area contributed by atoms with Gasteiger partial charge in [0.05, 0.1) is 12.3 Å². The first kappa shape index (κ1) is 9.27. The van der Waals surface area contributed by atoms with Crippen molar-refractivity contribution in [2.24, 2.45) is 0 Å². The second kappa shape index (κ2) is 4.28. The Labute approximate surface area is 83.0 Å². The average Bonchev–Trinajstić information content (AvgIpc) is 2.23. The number of hydrogen-bond donors (Lipinski definition) is 1. The summed E-state index contributed by atoms with van der Waals surface area (Å²) >= 11 is 0. The lowest BCUT2D eigenvalue weighted by molar-refractivity contribution is 0.00586. The lowest BCUT2D eigenvalue weighted by atomic mass is 10.2. The molecule has 2 rings (SSSR count). The topological polar surface area (TPSA) is 57.4 Å². The molecule has 0 spiro atoms. The van der Waals surface area contributed by atoms with Crippen LogP contribution in [0.3, 0.4) is 0 Å². The predicted octanol–water partition coefficient (Wildman–Crippen LogP) is 1.22. The minimum Gasteiger partial charge on any atom is -0.470 e. The fourth-order valence-electron chi connectivity index (χ4n) is 1.46. The number of rotatable bonds is 2. The molecule has 0 aromatic carbocycles. The maximum absolute atomic E-state index is 5.71. The van der Waals surface area contributed by atoms with E-state index in [9.17, 15) is 0 Å². The fraction of sp³-hybridized carbons (Fsp3) is 0.500. The monoisotopic (exact) mass is 194 g/mol. The SMILES string of the molecule is Nc1cccnc1O[C@@H]1CCCOC1. The van der Waals surface area contributed by atoms with Crippen LogP contribution in [0.1, 0.15) is 12.8 Å². The van der Waals surface area contributed by atoms with Gasteiger partial charge in [-0.3, -0.25) is 0 Å². The van der Waals surface area contributed by atoms with E-state index in [1.165, 1.54) is 0 Å². The van der Waals surface area contributed by atoms with E-state index in [2.05, 4.69) is 4.98 Å². The highest BCUT2D eigenvalue weighted by Crippen LogP contribution is 2.20. The molecule has 1 fully saturated rings. The van der Waals surface area contributed by atoms with Crippen LogP contribution >= 0.6 is 0 Å². The zero-order chi connectivity index (χ0) is 9.80. The summed E-state index contributed by atoms with van der Waals surface area (Å²) in [6, 6.07) is 3.57. The summed E-state index contributed by atoms with van der Waals surface area (Å²) in [5.74, 6) is 0.517. The number of aromatic nitrogens is 1. The van der Waals surface area contributed by atoms with Crippen LogP contribution in [-0.2, 0) is 4.74 Å². The standard InChI is InChI=1S/C10H14N2O2/c11-9-4-1-5-12-10(9)14-8-3-2-6-13-7-8/h1,4-5,8H,2-3,6-7,11H2/t8-/m1/s1. The van der Waals surface area contributed by atoms with E-state index in [4.69, 9.17) is 15.2 Å². The molecular formula is C10H14N2O2. The van der Waals surface area contributed by atoms with Gasteiger partial charge in [0, 0.05) is 12.8 Å². The molecule has 2 N–H and O–H groups in total. The van der Waals surface area contributed by atoms with Gasteiger partial charge in [-0.25, -0.2) is 4.98 Å². The lowest BCUT2D eigenvalue weighted by Gasteiger charge is -2.23.